The summed E-state index contributed by atoms with van der Waals surface area (Å²) >= 11 is 11.6. The van der Waals surface area contributed by atoms with E-state index in [1.165, 1.54) is 12.3 Å². The minimum atomic E-state index is -0.318. The molecular weight excluding hydrogens is 299 g/mol. The predicted octanol–water partition coefficient (Wildman–Crippen LogP) is 3.38. The number of halogens is 2. The molecule has 1 amide bonds. The maximum absolute atomic E-state index is 12.1. The largest absolute Gasteiger partial charge is 0.306 e. The summed E-state index contributed by atoms with van der Waals surface area (Å²) in [5.41, 5.74) is 1.22. The highest BCUT2D eigenvalue weighted by atomic mass is 35.5. The Labute approximate surface area is 126 Å². The van der Waals surface area contributed by atoms with E-state index in [2.05, 4.69) is 20.3 Å². The van der Waals surface area contributed by atoms with Gasteiger partial charge >= 0.3 is 0 Å². The third-order valence-corrected chi connectivity index (χ3v) is 2.86. The lowest BCUT2D eigenvalue weighted by Gasteiger charge is -2.06. The molecule has 2 aromatic heterocycles. The van der Waals surface area contributed by atoms with E-state index in [1.807, 2.05) is 6.92 Å². The van der Waals surface area contributed by atoms with Crippen LogP contribution in [0.25, 0.3) is 0 Å². The first kappa shape index (κ1) is 14.7. The molecule has 0 unspecified atom stereocenters. The second kappa shape index (κ2) is 6.63. The van der Waals surface area contributed by atoms with Crippen molar-refractivity contribution in [3.8, 4) is 0 Å². The van der Waals surface area contributed by atoms with Crippen LogP contribution in [0.1, 0.15) is 29.4 Å². The molecule has 2 rings (SSSR count). The molecule has 0 radical (unpaired) electrons. The van der Waals surface area contributed by atoms with Crippen molar-refractivity contribution in [3.63, 3.8) is 0 Å². The summed E-state index contributed by atoms with van der Waals surface area (Å²) in [5.74, 6) is 0.0152. The summed E-state index contributed by atoms with van der Waals surface area (Å²) in [6.45, 7) is 2.03. The lowest BCUT2D eigenvalue weighted by Crippen LogP contribution is -2.14. The van der Waals surface area contributed by atoms with Crippen LogP contribution in [0.15, 0.2) is 24.4 Å². The van der Waals surface area contributed by atoms with Crippen molar-refractivity contribution in [1.29, 1.82) is 0 Å². The zero-order chi connectivity index (χ0) is 14.5. The van der Waals surface area contributed by atoms with Gasteiger partial charge in [0.25, 0.3) is 5.91 Å². The Morgan fingerprint density at radius 2 is 2.10 bits per heavy atom. The van der Waals surface area contributed by atoms with E-state index in [1.54, 1.807) is 12.1 Å². The predicted molar refractivity (Wildman–Crippen MR) is 78.2 cm³/mol. The number of aryl methyl sites for hydroxylation is 1. The van der Waals surface area contributed by atoms with E-state index in [0.717, 1.165) is 18.5 Å². The minimum Gasteiger partial charge on any atom is -0.306 e. The number of nitrogens with zero attached hydrogens (tertiary/aromatic N) is 3. The number of carbonyl (C=O) groups excluding carboxylic acids is 1. The summed E-state index contributed by atoms with van der Waals surface area (Å²) in [7, 11) is 0. The van der Waals surface area contributed by atoms with E-state index in [0.29, 0.717) is 16.5 Å². The molecule has 104 valence electrons. The van der Waals surface area contributed by atoms with Crippen LogP contribution < -0.4 is 5.32 Å². The molecule has 0 spiro atoms. The quantitative estimate of drug-likeness (QED) is 0.694. The zero-order valence-corrected chi connectivity index (χ0v) is 12.2. The third kappa shape index (κ3) is 3.88. The van der Waals surface area contributed by atoms with E-state index in [-0.39, 0.29) is 11.2 Å². The molecule has 0 saturated carbocycles. The van der Waals surface area contributed by atoms with Crippen LogP contribution in [0.2, 0.25) is 10.4 Å². The second-order valence-corrected chi connectivity index (χ2v) is 4.81. The molecule has 0 saturated heterocycles. The molecule has 0 aliphatic carbocycles. The van der Waals surface area contributed by atoms with Gasteiger partial charge in [0.1, 0.15) is 11.0 Å². The minimum absolute atomic E-state index is 0.0715. The average molecular weight is 311 g/mol. The fraction of sp³-hybridized carbons (Fsp3) is 0.231. The Hall–Kier alpha value is -1.72. The number of aromatic nitrogens is 3. The number of anilines is 1. The van der Waals surface area contributed by atoms with Gasteiger partial charge in [-0.05, 0) is 36.2 Å². The van der Waals surface area contributed by atoms with Gasteiger partial charge in [0.15, 0.2) is 0 Å². The molecule has 0 atom stereocenters. The first-order chi connectivity index (χ1) is 9.58. The van der Waals surface area contributed by atoms with Crippen LogP contribution in [-0.2, 0) is 6.42 Å². The van der Waals surface area contributed by atoms with E-state index in [9.17, 15) is 4.79 Å². The molecule has 0 aliphatic heterocycles. The molecule has 0 fully saturated rings. The third-order valence-electron chi connectivity index (χ3n) is 2.48. The van der Waals surface area contributed by atoms with Crippen LogP contribution in [-0.4, -0.2) is 20.9 Å². The lowest BCUT2D eigenvalue weighted by atomic mass is 10.1. The topological polar surface area (TPSA) is 67.8 Å². The smallest absolute Gasteiger partial charge is 0.256 e. The van der Waals surface area contributed by atoms with Crippen LogP contribution in [0.3, 0.4) is 0 Å². The molecule has 0 aromatic carbocycles. The monoisotopic (exact) mass is 310 g/mol. The second-order valence-electron chi connectivity index (χ2n) is 4.08. The maximum Gasteiger partial charge on any atom is 0.256 e. The number of hydrogen-bond donors (Lipinski definition) is 1. The van der Waals surface area contributed by atoms with E-state index in [4.69, 9.17) is 23.2 Å². The molecule has 20 heavy (non-hydrogen) atoms. The van der Waals surface area contributed by atoms with Crippen molar-refractivity contribution in [2.45, 2.75) is 19.8 Å². The number of carbonyl (C=O) groups is 1. The van der Waals surface area contributed by atoms with Crippen LogP contribution in [0.5, 0.6) is 0 Å². The summed E-state index contributed by atoms with van der Waals surface area (Å²) < 4.78 is 0. The van der Waals surface area contributed by atoms with Crippen LogP contribution in [0, 0.1) is 0 Å². The van der Waals surface area contributed by atoms with Gasteiger partial charge in [0.2, 0.25) is 5.28 Å². The summed E-state index contributed by atoms with van der Waals surface area (Å²) in [4.78, 5) is 23.9. The van der Waals surface area contributed by atoms with Gasteiger partial charge in [-0.1, -0.05) is 24.9 Å². The van der Waals surface area contributed by atoms with Gasteiger partial charge in [0, 0.05) is 17.5 Å². The molecular formula is C13H12Cl2N4O. The van der Waals surface area contributed by atoms with Gasteiger partial charge in [-0.2, -0.15) is 0 Å². The molecule has 2 aromatic rings. The van der Waals surface area contributed by atoms with E-state index >= 15 is 0 Å². The first-order valence-electron chi connectivity index (χ1n) is 6.05. The van der Waals surface area contributed by atoms with E-state index < -0.39 is 0 Å². The van der Waals surface area contributed by atoms with Crippen molar-refractivity contribution < 1.29 is 4.79 Å². The molecule has 0 bridgehead atoms. The van der Waals surface area contributed by atoms with Crippen molar-refractivity contribution in [1.82, 2.24) is 15.0 Å². The summed E-state index contributed by atoms with van der Waals surface area (Å²) in [6.07, 6.45) is 3.16. The Kier molecular flexibility index (Phi) is 4.87. The number of hydrogen-bond acceptors (Lipinski definition) is 4. The molecule has 7 heteroatoms. The zero-order valence-electron chi connectivity index (χ0n) is 10.7. The highest BCUT2D eigenvalue weighted by molar-refractivity contribution is 6.30. The fourth-order valence-electron chi connectivity index (χ4n) is 1.66. The Bertz CT molecular complexity index is 634. The Morgan fingerprint density at radius 3 is 2.80 bits per heavy atom. The highest BCUT2D eigenvalue weighted by Gasteiger charge is 2.10. The number of pyridine rings is 1. The molecule has 5 nitrogen and oxygen atoms in total. The van der Waals surface area contributed by atoms with Crippen molar-refractivity contribution in [2.75, 3.05) is 5.32 Å². The first-order valence-corrected chi connectivity index (χ1v) is 6.80. The summed E-state index contributed by atoms with van der Waals surface area (Å²) in [6, 6.07) is 4.78. The van der Waals surface area contributed by atoms with Gasteiger partial charge in [0.05, 0.1) is 0 Å². The Balaban J connectivity index is 2.20. The summed E-state index contributed by atoms with van der Waals surface area (Å²) in [5, 5.41) is 3.00. The Morgan fingerprint density at radius 1 is 1.30 bits per heavy atom. The van der Waals surface area contributed by atoms with Gasteiger partial charge in [-0.25, -0.2) is 15.0 Å². The van der Waals surface area contributed by atoms with Crippen molar-refractivity contribution in [2.24, 2.45) is 0 Å². The standard InChI is InChI=1S/C13H12Cl2N4O/c1-2-3-9-6-8(7-10(14)17-9)12(20)18-11-4-5-16-13(15)19-11/h4-7H,2-3H2,1H3,(H,16,18,19,20). The normalized spacial score (nSPS) is 10.3. The van der Waals surface area contributed by atoms with Gasteiger partial charge in [-0.15, -0.1) is 0 Å². The lowest BCUT2D eigenvalue weighted by molar-refractivity contribution is 0.102. The number of rotatable bonds is 4. The van der Waals surface area contributed by atoms with Gasteiger partial charge in [-0.3, -0.25) is 4.79 Å². The molecule has 1 N–H and O–H groups in total. The van der Waals surface area contributed by atoms with Crippen LogP contribution in [0.4, 0.5) is 5.82 Å². The van der Waals surface area contributed by atoms with Crippen molar-refractivity contribution >= 4 is 34.9 Å². The average Bonchev–Trinajstić information content (AvgIpc) is 2.38. The van der Waals surface area contributed by atoms with Crippen molar-refractivity contribution in [3.05, 3.63) is 46.1 Å². The van der Waals surface area contributed by atoms with Crippen LogP contribution >= 0.6 is 23.2 Å². The molecule has 2 heterocycles. The highest BCUT2D eigenvalue weighted by Crippen LogP contribution is 2.14. The molecule has 0 aliphatic rings. The maximum atomic E-state index is 12.1. The number of amides is 1. The SMILES string of the molecule is CCCc1cc(C(=O)Nc2ccnc(Cl)n2)cc(Cl)n1. The van der Waals surface area contributed by atoms with Gasteiger partial charge < -0.3 is 5.32 Å². The number of nitrogens with one attached hydrogen (secondary N) is 1. The fourth-order valence-corrected chi connectivity index (χ4v) is 2.03.